The Hall–Kier alpha value is -3.80. The number of aromatic nitrogens is 2. The van der Waals surface area contributed by atoms with E-state index in [1.54, 1.807) is 23.0 Å². The topological polar surface area (TPSA) is 70.8 Å². The van der Waals surface area contributed by atoms with Crippen LogP contribution in [0.15, 0.2) is 66.9 Å². The minimum atomic E-state index is -0.378. The average molecular weight is 400 g/mol. The fourth-order valence-electron chi connectivity index (χ4n) is 3.67. The van der Waals surface area contributed by atoms with E-state index in [0.717, 1.165) is 22.8 Å². The number of halogens is 1. The van der Waals surface area contributed by atoms with Gasteiger partial charge in [-0.25, -0.2) is 4.39 Å². The average Bonchev–Trinajstić information content (AvgIpc) is 3.11. The molecule has 0 aliphatic heterocycles. The summed E-state index contributed by atoms with van der Waals surface area (Å²) in [5.74, 6) is -0.378. The SMILES string of the molecule is Cn1ncc2cc(F)c(-c3cccc(NCC=O)c3C(=N)Cc3ccccc3)cc21. The van der Waals surface area contributed by atoms with Gasteiger partial charge in [0.25, 0.3) is 0 Å². The fraction of sp³-hybridized carbons (Fsp3) is 0.125. The molecule has 0 spiro atoms. The second-order valence-electron chi connectivity index (χ2n) is 7.08. The van der Waals surface area contributed by atoms with Gasteiger partial charge in [0.2, 0.25) is 0 Å². The molecule has 150 valence electrons. The minimum Gasteiger partial charge on any atom is -0.378 e. The van der Waals surface area contributed by atoms with Gasteiger partial charge >= 0.3 is 0 Å². The van der Waals surface area contributed by atoms with Crippen LogP contribution in [0.3, 0.4) is 0 Å². The summed E-state index contributed by atoms with van der Waals surface area (Å²) in [7, 11) is 1.81. The van der Waals surface area contributed by atoms with Crippen molar-refractivity contribution in [2.24, 2.45) is 7.05 Å². The number of nitrogens with zero attached hydrogens (tertiary/aromatic N) is 2. The zero-order valence-corrected chi connectivity index (χ0v) is 16.5. The van der Waals surface area contributed by atoms with Crippen molar-refractivity contribution in [2.75, 3.05) is 11.9 Å². The molecule has 3 aromatic carbocycles. The molecule has 0 radical (unpaired) electrons. The molecule has 0 aliphatic carbocycles. The van der Waals surface area contributed by atoms with Gasteiger partial charge in [-0.05, 0) is 29.3 Å². The molecular formula is C24H21FN4O. The van der Waals surface area contributed by atoms with Gasteiger partial charge in [0.1, 0.15) is 12.1 Å². The van der Waals surface area contributed by atoms with Crippen LogP contribution in [-0.4, -0.2) is 28.3 Å². The van der Waals surface area contributed by atoms with Crippen LogP contribution < -0.4 is 5.32 Å². The van der Waals surface area contributed by atoms with Crippen LogP contribution in [0.5, 0.6) is 0 Å². The third-order valence-corrected chi connectivity index (χ3v) is 5.09. The van der Waals surface area contributed by atoms with Crippen molar-refractivity contribution in [2.45, 2.75) is 6.42 Å². The number of aldehydes is 1. The van der Waals surface area contributed by atoms with Gasteiger partial charge in [0.15, 0.2) is 0 Å². The summed E-state index contributed by atoms with van der Waals surface area (Å²) in [5.41, 5.74) is 4.35. The standard InChI is InChI=1S/C24H21FN4O/c1-29-23-14-19(20(25)13-17(23)15-28-29)18-8-5-9-22(27-10-11-30)24(18)21(26)12-16-6-3-2-4-7-16/h2-9,11,13-15,26-27H,10,12H2,1H3. The number of anilines is 1. The first-order valence-corrected chi connectivity index (χ1v) is 9.62. The Labute approximate surface area is 173 Å². The monoisotopic (exact) mass is 400 g/mol. The molecule has 0 amide bonds. The van der Waals surface area contributed by atoms with E-state index in [9.17, 15) is 4.79 Å². The number of hydrogen-bond donors (Lipinski definition) is 2. The third-order valence-electron chi connectivity index (χ3n) is 5.09. The highest BCUT2D eigenvalue weighted by molar-refractivity contribution is 6.10. The van der Waals surface area contributed by atoms with E-state index in [2.05, 4.69) is 10.4 Å². The third kappa shape index (κ3) is 3.72. The molecule has 0 unspecified atom stereocenters. The van der Waals surface area contributed by atoms with Gasteiger partial charge in [-0.3, -0.25) is 4.68 Å². The highest BCUT2D eigenvalue weighted by Crippen LogP contribution is 2.34. The molecule has 4 rings (SSSR count). The van der Waals surface area contributed by atoms with Gasteiger partial charge in [-0.15, -0.1) is 0 Å². The maximum Gasteiger partial charge on any atom is 0.139 e. The van der Waals surface area contributed by atoms with E-state index in [0.29, 0.717) is 34.5 Å². The Balaban J connectivity index is 1.87. The second kappa shape index (κ2) is 8.29. The molecule has 0 saturated heterocycles. The molecule has 0 bridgehead atoms. The highest BCUT2D eigenvalue weighted by Gasteiger charge is 2.19. The van der Waals surface area contributed by atoms with Crippen LogP contribution >= 0.6 is 0 Å². The maximum atomic E-state index is 15.1. The smallest absolute Gasteiger partial charge is 0.139 e. The lowest BCUT2D eigenvalue weighted by atomic mass is 9.91. The molecule has 30 heavy (non-hydrogen) atoms. The molecule has 4 aromatic rings. The van der Waals surface area contributed by atoms with E-state index in [1.807, 2.05) is 49.5 Å². The molecule has 2 N–H and O–H groups in total. The van der Waals surface area contributed by atoms with Crippen LogP contribution in [0, 0.1) is 11.2 Å². The lowest BCUT2D eigenvalue weighted by Gasteiger charge is -2.17. The Morgan fingerprint density at radius 1 is 1.13 bits per heavy atom. The zero-order valence-electron chi connectivity index (χ0n) is 16.5. The number of benzene rings is 3. The molecule has 0 atom stereocenters. The Kier molecular flexibility index (Phi) is 5.39. The van der Waals surface area contributed by atoms with E-state index in [4.69, 9.17) is 5.41 Å². The van der Waals surface area contributed by atoms with E-state index < -0.39 is 0 Å². The first-order chi connectivity index (χ1) is 14.6. The zero-order chi connectivity index (χ0) is 21.1. The summed E-state index contributed by atoms with van der Waals surface area (Å²) in [6.45, 7) is 0.109. The van der Waals surface area contributed by atoms with Crippen molar-refractivity contribution >= 4 is 28.6 Å². The van der Waals surface area contributed by atoms with Gasteiger partial charge in [-0.1, -0.05) is 42.5 Å². The normalized spacial score (nSPS) is 10.9. The lowest BCUT2D eigenvalue weighted by molar-refractivity contribution is -0.106. The number of carbonyl (C=O) groups excluding carboxylic acids is 1. The Morgan fingerprint density at radius 3 is 2.70 bits per heavy atom. The number of rotatable bonds is 7. The van der Waals surface area contributed by atoms with Crippen molar-refractivity contribution in [1.82, 2.24) is 9.78 Å². The van der Waals surface area contributed by atoms with Crippen LogP contribution in [0.25, 0.3) is 22.0 Å². The number of carbonyl (C=O) groups is 1. The number of nitrogens with one attached hydrogen (secondary N) is 2. The first-order valence-electron chi connectivity index (χ1n) is 9.62. The van der Waals surface area contributed by atoms with Crippen LogP contribution in [-0.2, 0) is 18.3 Å². The number of fused-ring (bicyclic) bond motifs is 1. The molecule has 1 aromatic heterocycles. The Morgan fingerprint density at radius 2 is 1.93 bits per heavy atom. The fourth-order valence-corrected chi connectivity index (χ4v) is 3.67. The predicted molar refractivity (Wildman–Crippen MR) is 118 cm³/mol. The van der Waals surface area contributed by atoms with Gasteiger partial charge in [-0.2, -0.15) is 5.10 Å². The van der Waals surface area contributed by atoms with Gasteiger partial charge in [0, 0.05) is 41.4 Å². The summed E-state index contributed by atoms with van der Waals surface area (Å²) in [6.07, 6.45) is 2.78. The van der Waals surface area contributed by atoms with Gasteiger partial charge < -0.3 is 15.5 Å². The van der Waals surface area contributed by atoms with Crippen molar-refractivity contribution in [3.8, 4) is 11.1 Å². The summed E-state index contributed by atoms with van der Waals surface area (Å²) in [6, 6.07) is 18.3. The van der Waals surface area contributed by atoms with Crippen molar-refractivity contribution in [3.63, 3.8) is 0 Å². The molecule has 0 saturated carbocycles. The lowest BCUT2D eigenvalue weighted by Crippen LogP contribution is -2.12. The Bertz CT molecular complexity index is 1230. The molecule has 1 heterocycles. The van der Waals surface area contributed by atoms with Crippen molar-refractivity contribution < 1.29 is 9.18 Å². The summed E-state index contributed by atoms with van der Waals surface area (Å²) in [5, 5.41) is 16.8. The largest absolute Gasteiger partial charge is 0.378 e. The molecule has 6 heteroatoms. The van der Waals surface area contributed by atoms with Crippen LogP contribution in [0.2, 0.25) is 0 Å². The second-order valence-corrected chi connectivity index (χ2v) is 7.08. The molecular weight excluding hydrogens is 379 g/mol. The summed E-state index contributed by atoms with van der Waals surface area (Å²) < 4.78 is 16.8. The molecule has 0 aliphatic rings. The predicted octanol–water partition coefficient (Wildman–Crippen LogP) is 4.60. The van der Waals surface area contributed by atoms with Crippen molar-refractivity contribution in [1.29, 1.82) is 5.41 Å². The van der Waals surface area contributed by atoms with E-state index in [-0.39, 0.29) is 12.4 Å². The number of hydrogen-bond acceptors (Lipinski definition) is 4. The molecule has 5 nitrogen and oxygen atoms in total. The quantitative estimate of drug-likeness (QED) is 0.352. The maximum absolute atomic E-state index is 15.1. The van der Waals surface area contributed by atoms with E-state index >= 15 is 4.39 Å². The van der Waals surface area contributed by atoms with E-state index in [1.165, 1.54) is 6.07 Å². The number of aryl methyl sites for hydroxylation is 1. The van der Waals surface area contributed by atoms with Crippen LogP contribution in [0.1, 0.15) is 11.1 Å². The summed E-state index contributed by atoms with van der Waals surface area (Å²) >= 11 is 0. The van der Waals surface area contributed by atoms with Crippen molar-refractivity contribution in [3.05, 3.63) is 83.8 Å². The highest BCUT2D eigenvalue weighted by atomic mass is 19.1. The van der Waals surface area contributed by atoms with Gasteiger partial charge in [0.05, 0.1) is 18.3 Å². The first kappa shape index (κ1) is 19.5. The van der Waals surface area contributed by atoms with Crippen LogP contribution in [0.4, 0.5) is 10.1 Å². The summed E-state index contributed by atoms with van der Waals surface area (Å²) in [4.78, 5) is 10.9. The molecule has 0 fully saturated rings. The minimum absolute atomic E-state index is 0.109.